The fourth-order valence-electron chi connectivity index (χ4n) is 1.98. The smallest absolute Gasteiger partial charge is 0.322 e. The lowest BCUT2D eigenvalue weighted by atomic mass is 10.1. The number of rotatable bonds is 7. The standard InChI is InChI=1S/C18H29N3O3/c1-6-7-12-24-15-11-9-8-10-14(15)19-17(23)21(5)13-16(22)20-18(2,3)4/h8-11H,6-7,12-13H2,1-5H3,(H,19,23)(H,20,22). The van der Waals surface area contributed by atoms with Crippen molar-refractivity contribution in [2.45, 2.75) is 46.1 Å². The number of carbonyl (C=O) groups is 2. The molecule has 0 radical (unpaired) electrons. The molecule has 0 aliphatic carbocycles. The fourth-order valence-corrected chi connectivity index (χ4v) is 1.98. The van der Waals surface area contributed by atoms with Gasteiger partial charge in [0.15, 0.2) is 0 Å². The first-order chi connectivity index (χ1) is 11.2. The van der Waals surface area contributed by atoms with E-state index in [9.17, 15) is 9.59 Å². The molecule has 0 heterocycles. The number of benzene rings is 1. The van der Waals surface area contributed by atoms with Gasteiger partial charge in [0.2, 0.25) is 5.91 Å². The molecule has 3 amide bonds. The Morgan fingerprint density at radius 1 is 1.21 bits per heavy atom. The van der Waals surface area contributed by atoms with Gasteiger partial charge in [0.05, 0.1) is 12.3 Å². The molecule has 1 rings (SSSR count). The molecule has 1 aromatic rings. The average Bonchev–Trinajstić information content (AvgIpc) is 2.47. The van der Waals surface area contributed by atoms with Crippen molar-refractivity contribution in [3.8, 4) is 5.75 Å². The molecule has 2 N–H and O–H groups in total. The van der Waals surface area contributed by atoms with E-state index in [-0.39, 0.29) is 24.0 Å². The number of urea groups is 1. The van der Waals surface area contributed by atoms with Crippen LogP contribution >= 0.6 is 0 Å². The zero-order valence-corrected chi connectivity index (χ0v) is 15.3. The number of anilines is 1. The third kappa shape index (κ3) is 7.35. The predicted molar refractivity (Wildman–Crippen MR) is 96.4 cm³/mol. The van der Waals surface area contributed by atoms with E-state index in [2.05, 4.69) is 17.6 Å². The zero-order valence-electron chi connectivity index (χ0n) is 15.3. The lowest BCUT2D eigenvalue weighted by molar-refractivity contribution is -0.122. The number of nitrogens with one attached hydrogen (secondary N) is 2. The van der Waals surface area contributed by atoms with Gasteiger partial charge in [-0.25, -0.2) is 4.79 Å². The Kier molecular flexibility index (Phi) is 7.55. The molecule has 0 aliphatic rings. The van der Waals surface area contributed by atoms with Gasteiger partial charge in [0.1, 0.15) is 12.3 Å². The second kappa shape index (κ2) is 9.15. The summed E-state index contributed by atoms with van der Waals surface area (Å²) in [5, 5.41) is 5.62. The van der Waals surface area contributed by atoms with Crippen LogP contribution in [0, 0.1) is 0 Å². The number of ether oxygens (including phenoxy) is 1. The van der Waals surface area contributed by atoms with Crippen LogP contribution in [0.3, 0.4) is 0 Å². The SMILES string of the molecule is CCCCOc1ccccc1NC(=O)N(C)CC(=O)NC(C)(C)C. The van der Waals surface area contributed by atoms with Crippen molar-refractivity contribution in [2.75, 3.05) is 25.5 Å². The minimum atomic E-state index is -0.356. The summed E-state index contributed by atoms with van der Waals surface area (Å²) < 4.78 is 5.69. The van der Waals surface area contributed by atoms with Gasteiger partial charge in [-0.3, -0.25) is 4.79 Å². The third-order valence-electron chi connectivity index (χ3n) is 3.13. The van der Waals surface area contributed by atoms with Crippen molar-refractivity contribution in [2.24, 2.45) is 0 Å². The summed E-state index contributed by atoms with van der Waals surface area (Å²) in [6.07, 6.45) is 2.00. The number of nitrogens with zero attached hydrogens (tertiary/aromatic N) is 1. The number of likely N-dealkylation sites (N-methyl/N-ethyl adjacent to an activating group) is 1. The molecule has 24 heavy (non-hydrogen) atoms. The molecule has 0 fully saturated rings. The van der Waals surface area contributed by atoms with Crippen LogP contribution in [0.2, 0.25) is 0 Å². The molecule has 0 saturated heterocycles. The first kappa shape index (κ1) is 19.8. The lowest BCUT2D eigenvalue weighted by Gasteiger charge is -2.23. The summed E-state index contributed by atoms with van der Waals surface area (Å²) in [6, 6.07) is 6.93. The van der Waals surface area contributed by atoms with E-state index < -0.39 is 0 Å². The topological polar surface area (TPSA) is 70.7 Å². The number of amides is 3. The van der Waals surface area contributed by atoms with Gasteiger partial charge in [-0.15, -0.1) is 0 Å². The van der Waals surface area contributed by atoms with Crippen LogP contribution in [-0.2, 0) is 4.79 Å². The minimum absolute atomic E-state index is 0.0119. The highest BCUT2D eigenvalue weighted by molar-refractivity contribution is 5.93. The van der Waals surface area contributed by atoms with E-state index in [1.54, 1.807) is 13.1 Å². The monoisotopic (exact) mass is 335 g/mol. The summed E-state index contributed by atoms with van der Waals surface area (Å²) in [5.41, 5.74) is 0.273. The largest absolute Gasteiger partial charge is 0.491 e. The highest BCUT2D eigenvalue weighted by Gasteiger charge is 2.18. The maximum atomic E-state index is 12.3. The van der Waals surface area contributed by atoms with Crippen LogP contribution in [0.4, 0.5) is 10.5 Å². The Morgan fingerprint density at radius 3 is 2.50 bits per heavy atom. The predicted octanol–water partition coefficient (Wildman–Crippen LogP) is 3.24. The summed E-state index contributed by atoms with van der Waals surface area (Å²) >= 11 is 0. The first-order valence-electron chi connectivity index (χ1n) is 8.28. The molecular weight excluding hydrogens is 306 g/mol. The van der Waals surface area contributed by atoms with Crippen LogP contribution in [0.1, 0.15) is 40.5 Å². The average molecular weight is 335 g/mol. The molecule has 0 aliphatic heterocycles. The van der Waals surface area contributed by atoms with Crippen LogP contribution in [0.25, 0.3) is 0 Å². The zero-order chi connectivity index (χ0) is 18.2. The number of hydrogen-bond acceptors (Lipinski definition) is 3. The molecule has 1 aromatic carbocycles. The van der Waals surface area contributed by atoms with E-state index in [1.807, 2.05) is 39.0 Å². The number of hydrogen-bond donors (Lipinski definition) is 2. The van der Waals surface area contributed by atoms with Crippen LogP contribution in [0.15, 0.2) is 24.3 Å². The van der Waals surface area contributed by atoms with E-state index in [1.165, 1.54) is 4.90 Å². The third-order valence-corrected chi connectivity index (χ3v) is 3.13. The van der Waals surface area contributed by atoms with E-state index in [0.717, 1.165) is 12.8 Å². The van der Waals surface area contributed by atoms with E-state index in [0.29, 0.717) is 18.0 Å². The maximum absolute atomic E-state index is 12.3. The second-order valence-corrected chi connectivity index (χ2v) is 6.78. The first-order valence-corrected chi connectivity index (χ1v) is 8.28. The Labute approximate surface area is 144 Å². The van der Waals surface area contributed by atoms with Crippen molar-refractivity contribution >= 4 is 17.6 Å². The van der Waals surface area contributed by atoms with Crippen LogP contribution < -0.4 is 15.4 Å². The van der Waals surface area contributed by atoms with Gasteiger partial charge < -0.3 is 20.3 Å². The summed E-state index contributed by atoms with van der Waals surface area (Å²) in [6.45, 7) is 8.38. The molecule has 0 spiro atoms. The van der Waals surface area contributed by atoms with Crippen molar-refractivity contribution in [1.82, 2.24) is 10.2 Å². The van der Waals surface area contributed by atoms with Gasteiger partial charge in [-0.1, -0.05) is 25.5 Å². The highest BCUT2D eigenvalue weighted by atomic mass is 16.5. The quantitative estimate of drug-likeness (QED) is 0.752. The molecule has 0 unspecified atom stereocenters. The summed E-state index contributed by atoms with van der Waals surface area (Å²) in [4.78, 5) is 25.5. The fraction of sp³-hybridized carbons (Fsp3) is 0.556. The molecule has 0 saturated carbocycles. The van der Waals surface area contributed by atoms with Gasteiger partial charge in [-0.2, -0.15) is 0 Å². The van der Waals surface area contributed by atoms with Crippen LogP contribution in [0.5, 0.6) is 5.75 Å². The van der Waals surface area contributed by atoms with Crippen molar-refractivity contribution in [1.29, 1.82) is 0 Å². The molecule has 0 atom stereocenters. The Morgan fingerprint density at radius 2 is 1.88 bits per heavy atom. The van der Waals surface area contributed by atoms with Crippen molar-refractivity contribution in [3.63, 3.8) is 0 Å². The molecule has 6 heteroatoms. The highest BCUT2D eigenvalue weighted by Crippen LogP contribution is 2.24. The van der Waals surface area contributed by atoms with E-state index in [4.69, 9.17) is 4.74 Å². The number of carbonyl (C=O) groups excluding carboxylic acids is 2. The van der Waals surface area contributed by atoms with Gasteiger partial charge >= 0.3 is 6.03 Å². The van der Waals surface area contributed by atoms with Gasteiger partial charge in [0, 0.05) is 12.6 Å². The Hall–Kier alpha value is -2.24. The molecule has 0 bridgehead atoms. The molecule has 6 nitrogen and oxygen atoms in total. The summed E-state index contributed by atoms with van der Waals surface area (Å²) in [5.74, 6) is 0.430. The second-order valence-electron chi connectivity index (χ2n) is 6.78. The Bertz CT molecular complexity index is 553. The normalized spacial score (nSPS) is 10.9. The minimum Gasteiger partial charge on any atom is -0.491 e. The molecule has 0 aromatic heterocycles. The summed E-state index contributed by atoms with van der Waals surface area (Å²) in [7, 11) is 1.58. The van der Waals surface area contributed by atoms with Gasteiger partial charge in [0.25, 0.3) is 0 Å². The maximum Gasteiger partial charge on any atom is 0.322 e. The van der Waals surface area contributed by atoms with Crippen molar-refractivity contribution in [3.05, 3.63) is 24.3 Å². The molecular formula is C18H29N3O3. The Balaban J connectivity index is 2.62. The molecule has 134 valence electrons. The van der Waals surface area contributed by atoms with Crippen LogP contribution in [-0.4, -0.2) is 42.6 Å². The lowest BCUT2D eigenvalue weighted by Crippen LogP contribution is -2.47. The van der Waals surface area contributed by atoms with E-state index >= 15 is 0 Å². The number of unbranched alkanes of at least 4 members (excludes halogenated alkanes) is 1. The number of para-hydroxylation sites is 2. The van der Waals surface area contributed by atoms with Gasteiger partial charge in [-0.05, 0) is 39.3 Å². The van der Waals surface area contributed by atoms with Crippen molar-refractivity contribution < 1.29 is 14.3 Å².